The summed E-state index contributed by atoms with van der Waals surface area (Å²) in [5.41, 5.74) is 3.35. The molecular formula is C24H29F2N3O2. The molecule has 0 saturated carbocycles. The van der Waals surface area contributed by atoms with E-state index in [1.165, 1.54) is 19.1 Å². The van der Waals surface area contributed by atoms with Crippen LogP contribution in [-0.4, -0.2) is 52.7 Å². The minimum atomic E-state index is -0.827. The molecule has 1 aromatic carbocycles. The zero-order chi connectivity index (χ0) is 22.3. The number of benzene rings is 1. The maximum atomic E-state index is 13.6. The van der Waals surface area contributed by atoms with E-state index < -0.39 is 11.6 Å². The third-order valence-electron chi connectivity index (χ3n) is 6.86. The Balaban J connectivity index is 1.46. The summed E-state index contributed by atoms with van der Waals surface area (Å²) >= 11 is 0. The lowest BCUT2D eigenvalue weighted by atomic mass is 9.79. The molecule has 2 aliphatic heterocycles. The smallest absolute Gasteiger partial charge is 0.255 e. The van der Waals surface area contributed by atoms with Crippen molar-refractivity contribution in [2.75, 3.05) is 26.2 Å². The number of hydrogen-bond donors (Lipinski definition) is 1. The molecule has 7 heteroatoms. The Hall–Kier alpha value is -2.54. The Kier molecular flexibility index (Phi) is 5.73. The summed E-state index contributed by atoms with van der Waals surface area (Å²) in [7, 11) is 0. The Labute approximate surface area is 181 Å². The fourth-order valence-corrected chi connectivity index (χ4v) is 5.36. The van der Waals surface area contributed by atoms with Crippen molar-refractivity contribution in [3.05, 3.63) is 57.9 Å². The van der Waals surface area contributed by atoms with Gasteiger partial charge in [-0.15, -0.1) is 0 Å². The van der Waals surface area contributed by atoms with E-state index in [1.54, 1.807) is 6.07 Å². The molecule has 3 heterocycles. The first kappa shape index (κ1) is 21.7. The lowest BCUT2D eigenvalue weighted by molar-refractivity contribution is 0.0674. The highest BCUT2D eigenvalue weighted by molar-refractivity contribution is 6.02. The van der Waals surface area contributed by atoms with Crippen molar-refractivity contribution in [3.63, 3.8) is 0 Å². The van der Waals surface area contributed by atoms with Gasteiger partial charge in [0, 0.05) is 44.2 Å². The number of piperidine rings is 1. The molecule has 31 heavy (non-hydrogen) atoms. The van der Waals surface area contributed by atoms with Crippen LogP contribution in [0.25, 0.3) is 0 Å². The van der Waals surface area contributed by atoms with Crippen molar-refractivity contribution < 1.29 is 18.4 Å². The SMILES string of the molecule is CC(=O)c1[nH]c(C)c(C(=O)N2CC[C@@]3(CCCN(Cc4ccc(F)c(F)c4)C3)C2)c1C. The predicted molar refractivity (Wildman–Crippen MR) is 114 cm³/mol. The number of Topliss-reactive ketones (excluding diaryl/α,β-unsaturated/α-hetero) is 1. The molecule has 5 nitrogen and oxygen atoms in total. The van der Waals surface area contributed by atoms with Crippen LogP contribution >= 0.6 is 0 Å². The molecule has 2 aliphatic rings. The van der Waals surface area contributed by atoms with E-state index in [4.69, 9.17) is 0 Å². The second-order valence-corrected chi connectivity index (χ2v) is 9.22. The minimum absolute atomic E-state index is 0.0200. The van der Waals surface area contributed by atoms with Gasteiger partial charge in [-0.05, 0) is 62.9 Å². The number of ketones is 1. The first-order valence-electron chi connectivity index (χ1n) is 10.8. The number of likely N-dealkylation sites (tertiary alicyclic amines) is 2. The maximum Gasteiger partial charge on any atom is 0.255 e. The molecular weight excluding hydrogens is 400 g/mol. The molecule has 4 rings (SSSR count). The van der Waals surface area contributed by atoms with Crippen LogP contribution in [0.4, 0.5) is 8.78 Å². The summed E-state index contributed by atoms with van der Waals surface area (Å²) in [6.07, 6.45) is 2.99. The molecule has 0 unspecified atom stereocenters. The van der Waals surface area contributed by atoms with E-state index in [0.717, 1.165) is 49.2 Å². The number of aryl methyl sites for hydroxylation is 1. The number of nitrogens with zero attached hydrogens (tertiary/aromatic N) is 2. The van der Waals surface area contributed by atoms with Gasteiger partial charge in [0.15, 0.2) is 17.4 Å². The molecule has 1 atom stereocenters. The van der Waals surface area contributed by atoms with Gasteiger partial charge in [-0.3, -0.25) is 14.5 Å². The van der Waals surface area contributed by atoms with E-state index in [1.807, 2.05) is 18.7 Å². The zero-order valence-electron chi connectivity index (χ0n) is 18.4. The van der Waals surface area contributed by atoms with E-state index in [0.29, 0.717) is 30.9 Å². The Morgan fingerprint density at radius 2 is 1.87 bits per heavy atom. The third kappa shape index (κ3) is 4.15. The molecule has 1 aromatic heterocycles. The van der Waals surface area contributed by atoms with E-state index in [-0.39, 0.29) is 17.1 Å². The highest BCUT2D eigenvalue weighted by Gasteiger charge is 2.43. The fraction of sp³-hybridized carbons (Fsp3) is 0.500. The zero-order valence-corrected chi connectivity index (χ0v) is 18.4. The Morgan fingerprint density at radius 1 is 1.10 bits per heavy atom. The lowest BCUT2D eigenvalue weighted by Gasteiger charge is -2.40. The van der Waals surface area contributed by atoms with Gasteiger partial charge >= 0.3 is 0 Å². The standard InChI is InChI=1S/C24H29F2N3O2/c1-15-21(16(2)27-22(15)17(3)30)23(31)29-10-8-24(14-29)7-4-9-28(13-24)12-18-5-6-19(25)20(26)11-18/h5-6,11,27H,4,7-10,12-14H2,1-3H3/t24-/m1/s1. The second-order valence-electron chi connectivity index (χ2n) is 9.22. The molecule has 1 amide bonds. The highest BCUT2D eigenvalue weighted by Crippen LogP contribution is 2.40. The molecule has 2 saturated heterocycles. The number of carbonyl (C=O) groups is 2. The summed E-state index contributed by atoms with van der Waals surface area (Å²) in [6.45, 7) is 8.85. The van der Waals surface area contributed by atoms with Gasteiger partial charge in [-0.1, -0.05) is 6.07 Å². The second kappa shape index (κ2) is 8.19. The summed E-state index contributed by atoms with van der Waals surface area (Å²) in [4.78, 5) is 32.4. The quantitative estimate of drug-likeness (QED) is 0.740. The van der Waals surface area contributed by atoms with Gasteiger partial charge in [-0.25, -0.2) is 8.78 Å². The summed E-state index contributed by atoms with van der Waals surface area (Å²) in [5, 5.41) is 0. The first-order valence-corrected chi connectivity index (χ1v) is 10.8. The first-order chi connectivity index (χ1) is 14.7. The molecule has 2 fully saturated rings. The summed E-state index contributed by atoms with van der Waals surface area (Å²) < 4.78 is 26.8. The normalized spacial score (nSPS) is 21.8. The number of aromatic amines is 1. The van der Waals surface area contributed by atoms with Crippen LogP contribution in [0.5, 0.6) is 0 Å². The maximum absolute atomic E-state index is 13.6. The monoisotopic (exact) mass is 429 g/mol. The van der Waals surface area contributed by atoms with Crippen molar-refractivity contribution in [3.8, 4) is 0 Å². The average molecular weight is 430 g/mol. The van der Waals surface area contributed by atoms with Crippen molar-refractivity contribution in [1.82, 2.24) is 14.8 Å². The van der Waals surface area contributed by atoms with Crippen LogP contribution in [0.3, 0.4) is 0 Å². The van der Waals surface area contributed by atoms with Gasteiger partial charge in [0.25, 0.3) is 5.91 Å². The van der Waals surface area contributed by atoms with Crippen LogP contribution in [0.15, 0.2) is 18.2 Å². The number of halogens is 2. The number of hydrogen-bond acceptors (Lipinski definition) is 3. The van der Waals surface area contributed by atoms with Crippen LogP contribution < -0.4 is 0 Å². The summed E-state index contributed by atoms with van der Waals surface area (Å²) in [6, 6.07) is 4.08. The van der Waals surface area contributed by atoms with Crippen molar-refractivity contribution in [2.24, 2.45) is 5.41 Å². The van der Waals surface area contributed by atoms with Crippen LogP contribution in [0, 0.1) is 30.9 Å². The van der Waals surface area contributed by atoms with Crippen LogP contribution in [0.1, 0.15) is 63.9 Å². The van der Waals surface area contributed by atoms with Crippen molar-refractivity contribution in [1.29, 1.82) is 0 Å². The minimum Gasteiger partial charge on any atom is -0.355 e. The predicted octanol–water partition coefficient (Wildman–Crippen LogP) is 4.24. The van der Waals surface area contributed by atoms with Crippen LogP contribution in [0.2, 0.25) is 0 Å². The van der Waals surface area contributed by atoms with Gasteiger partial charge in [0.1, 0.15) is 0 Å². The molecule has 0 radical (unpaired) electrons. The average Bonchev–Trinajstić information content (AvgIpc) is 3.25. The number of H-pyrrole nitrogens is 1. The molecule has 0 bridgehead atoms. The molecule has 1 N–H and O–H groups in total. The van der Waals surface area contributed by atoms with E-state index in [9.17, 15) is 18.4 Å². The molecule has 0 aliphatic carbocycles. The number of amides is 1. The van der Waals surface area contributed by atoms with E-state index >= 15 is 0 Å². The summed E-state index contributed by atoms with van der Waals surface area (Å²) in [5.74, 6) is -1.73. The Bertz CT molecular complexity index is 1030. The topological polar surface area (TPSA) is 56.4 Å². The number of rotatable bonds is 4. The van der Waals surface area contributed by atoms with Crippen molar-refractivity contribution >= 4 is 11.7 Å². The Morgan fingerprint density at radius 3 is 2.55 bits per heavy atom. The fourth-order valence-electron chi connectivity index (χ4n) is 5.36. The van der Waals surface area contributed by atoms with Gasteiger partial charge in [0.05, 0.1) is 11.3 Å². The van der Waals surface area contributed by atoms with Gasteiger partial charge in [-0.2, -0.15) is 0 Å². The van der Waals surface area contributed by atoms with Crippen molar-refractivity contribution in [2.45, 2.75) is 46.6 Å². The van der Waals surface area contributed by atoms with Gasteiger partial charge < -0.3 is 9.88 Å². The number of aromatic nitrogens is 1. The number of carbonyl (C=O) groups excluding carboxylic acids is 2. The molecule has 2 aromatic rings. The molecule has 166 valence electrons. The highest BCUT2D eigenvalue weighted by atomic mass is 19.2. The lowest BCUT2D eigenvalue weighted by Crippen LogP contribution is -2.45. The van der Waals surface area contributed by atoms with E-state index in [2.05, 4.69) is 9.88 Å². The number of nitrogens with one attached hydrogen (secondary N) is 1. The largest absolute Gasteiger partial charge is 0.355 e. The van der Waals surface area contributed by atoms with Gasteiger partial charge in [0.2, 0.25) is 0 Å². The molecule has 1 spiro atoms. The third-order valence-corrected chi connectivity index (χ3v) is 6.86. The van der Waals surface area contributed by atoms with Crippen LogP contribution in [-0.2, 0) is 6.54 Å².